The van der Waals surface area contributed by atoms with E-state index in [4.69, 9.17) is 9.47 Å². The summed E-state index contributed by atoms with van der Waals surface area (Å²) in [6.07, 6.45) is 0. The van der Waals surface area contributed by atoms with Gasteiger partial charge in [-0.25, -0.2) is 8.42 Å². The molecule has 0 amide bonds. The second-order valence-corrected chi connectivity index (χ2v) is 16.5. The van der Waals surface area contributed by atoms with Crippen molar-refractivity contribution >= 4 is 80.5 Å². The average molecular weight is 839 g/mol. The van der Waals surface area contributed by atoms with Crippen molar-refractivity contribution in [2.24, 2.45) is 0 Å². The van der Waals surface area contributed by atoms with E-state index in [9.17, 15) is 8.42 Å². The van der Waals surface area contributed by atoms with Crippen LogP contribution in [0.2, 0.25) is 0 Å². The van der Waals surface area contributed by atoms with E-state index in [0.717, 1.165) is 72.8 Å². The van der Waals surface area contributed by atoms with Gasteiger partial charge in [0.05, 0.1) is 31.5 Å². The number of methoxy groups -OCH3 is 1. The quantitative estimate of drug-likeness (QED) is 0.177. The first-order valence-corrected chi connectivity index (χ1v) is 18.9. The van der Waals surface area contributed by atoms with Crippen LogP contribution >= 0.6 is 47.8 Å². The van der Waals surface area contributed by atoms with Crippen LogP contribution in [-0.2, 0) is 21.6 Å². The molecule has 0 saturated carbocycles. The number of hydrogen-bond acceptors (Lipinski definition) is 4. The lowest BCUT2D eigenvalue weighted by atomic mass is 9.98. The molecule has 0 N–H and O–H groups in total. The molecule has 4 nitrogen and oxygen atoms in total. The molecule has 2 atom stereocenters. The van der Waals surface area contributed by atoms with E-state index in [1.54, 1.807) is 7.11 Å². The number of aryl methyl sites for hydroxylation is 2. The third kappa shape index (κ3) is 6.66. The first kappa shape index (κ1) is 32.8. The van der Waals surface area contributed by atoms with Crippen LogP contribution in [0.4, 0.5) is 0 Å². The molecular weight excluding hydrogens is 812 g/mol. The Kier molecular flexibility index (Phi) is 9.96. The Labute approximate surface area is 298 Å². The number of benzene rings is 5. The number of halogens is 3. The molecule has 5 aromatic carbocycles. The molecule has 2 aliphatic heterocycles. The molecule has 46 heavy (non-hydrogen) atoms. The molecule has 232 valence electrons. The Morgan fingerprint density at radius 2 is 1.00 bits per heavy atom. The maximum absolute atomic E-state index is 13.2. The van der Waals surface area contributed by atoms with E-state index in [1.807, 2.05) is 117 Å². The number of ether oxygens (including phenoxy) is 2. The topological polar surface area (TPSA) is 52.6 Å². The predicted molar refractivity (Wildman–Crippen MR) is 198 cm³/mol. The first-order chi connectivity index (χ1) is 22.1. The highest BCUT2D eigenvalue weighted by atomic mass is 79.9. The highest BCUT2D eigenvalue weighted by Gasteiger charge is 2.32. The predicted octanol–water partition coefficient (Wildman–Crippen LogP) is 10.7. The summed E-state index contributed by atoms with van der Waals surface area (Å²) >= 11 is 10.4. The second kappa shape index (κ2) is 14.0. The van der Waals surface area contributed by atoms with E-state index in [2.05, 4.69) is 53.9 Å². The van der Waals surface area contributed by atoms with Gasteiger partial charge in [0, 0.05) is 31.2 Å². The van der Waals surface area contributed by atoms with Crippen LogP contribution in [0.1, 0.15) is 33.4 Å². The molecule has 7 rings (SSSR count). The van der Waals surface area contributed by atoms with Crippen LogP contribution in [0.25, 0.3) is 11.1 Å². The van der Waals surface area contributed by atoms with Crippen molar-refractivity contribution in [2.75, 3.05) is 7.11 Å². The molecule has 0 aliphatic carbocycles. The molecule has 0 saturated heterocycles. The molecule has 2 aliphatic rings. The lowest BCUT2D eigenvalue weighted by Gasteiger charge is -2.10. The summed E-state index contributed by atoms with van der Waals surface area (Å²) in [7, 11) is -0.859. The summed E-state index contributed by atoms with van der Waals surface area (Å²) in [5.74, 6) is 1.37. The minimum atomic E-state index is -1.37. The summed E-state index contributed by atoms with van der Waals surface area (Å²) in [5.41, 5.74) is 8.14. The molecule has 0 bridgehead atoms. The van der Waals surface area contributed by atoms with Gasteiger partial charge in [-0.05, 0) is 113 Å². The minimum absolute atomic E-state index is 0.461. The van der Waals surface area contributed by atoms with Crippen molar-refractivity contribution in [3.05, 3.63) is 160 Å². The molecule has 0 spiro atoms. The Bertz CT molecular complexity index is 2070. The minimum Gasteiger partial charge on any atom is -0.497 e. The Hall–Kier alpha value is -3.08. The maximum atomic E-state index is 13.2. The highest BCUT2D eigenvalue weighted by Crippen LogP contribution is 2.44. The maximum Gasteiger partial charge on any atom is 0.204 e. The second-order valence-electron chi connectivity index (χ2n) is 10.6. The molecule has 0 radical (unpaired) electrons. The zero-order valence-electron chi connectivity index (χ0n) is 25.0. The largest absolute Gasteiger partial charge is 0.497 e. The van der Waals surface area contributed by atoms with Gasteiger partial charge in [0.2, 0.25) is 5.09 Å². The summed E-state index contributed by atoms with van der Waals surface area (Å²) in [4.78, 5) is 1.68. The molecule has 9 heteroatoms. The van der Waals surface area contributed by atoms with Crippen molar-refractivity contribution in [1.29, 1.82) is 0 Å². The zero-order chi connectivity index (χ0) is 32.5. The lowest BCUT2D eigenvalue weighted by Crippen LogP contribution is -2.01. The van der Waals surface area contributed by atoms with Gasteiger partial charge in [-0.3, -0.25) is 0 Å². The SMILES string of the molecule is COc1ccc(OC2=C(c3ccc(Br)cc3)c3ccc(C)cc3S2=O)cc1.Cc1ccc2c(c1)S(=O)C(Br)=C2c1ccc(Br)cc1. The van der Waals surface area contributed by atoms with Crippen LogP contribution in [0, 0.1) is 13.8 Å². The number of fused-ring (bicyclic) bond motifs is 2. The van der Waals surface area contributed by atoms with Gasteiger partial charge in [0.25, 0.3) is 0 Å². The molecule has 0 fully saturated rings. The smallest absolute Gasteiger partial charge is 0.204 e. The highest BCUT2D eigenvalue weighted by molar-refractivity contribution is 9.13. The molecule has 0 aromatic heterocycles. The van der Waals surface area contributed by atoms with Gasteiger partial charge >= 0.3 is 0 Å². The van der Waals surface area contributed by atoms with Gasteiger partial charge < -0.3 is 9.47 Å². The summed E-state index contributed by atoms with van der Waals surface area (Å²) in [6, 6.07) is 35.4. The van der Waals surface area contributed by atoms with E-state index < -0.39 is 21.6 Å². The first-order valence-electron chi connectivity index (χ1n) is 14.2. The van der Waals surface area contributed by atoms with E-state index in [-0.39, 0.29) is 0 Å². The average Bonchev–Trinajstić information content (AvgIpc) is 3.47. The molecular formula is C37H27Br3O4S2. The van der Waals surface area contributed by atoms with Crippen molar-refractivity contribution in [1.82, 2.24) is 0 Å². The fourth-order valence-electron chi connectivity index (χ4n) is 5.19. The lowest BCUT2D eigenvalue weighted by molar-refractivity contribution is 0.412. The fourth-order valence-corrected chi connectivity index (χ4v) is 9.40. The summed E-state index contributed by atoms with van der Waals surface area (Å²) in [5, 5.41) is 0.461. The van der Waals surface area contributed by atoms with Crippen molar-refractivity contribution in [3.63, 3.8) is 0 Å². The van der Waals surface area contributed by atoms with Crippen molar-refractivity contribution in [2.45, 2.75) is 23.6 Å². The van der Waals surface area contributed by atoms with Crippen LogP contribution in [0.3, 0.4) is 0 Å². The van der Waals surface area contributed by atoms with Gasteiger partial charge in [0.15, 0.2) is 0 Å². The summed E-state index contributed by atoms with van der Waals surface area (Å²) < 4.78 is 39.7. The Balaban J connectivity index is 0.000000172. The molecule has 2 unspecified atom stereocenters. The van der Waals surface area contributed by atoms with E-state index in [0.29, 0.717) is 10.8 Å². The van der Waals surface area contributed by atoms with Crippen molar-refractivity contribution < 1.29 is 17.9 Å². The third-order valence-corrected chi connectivity index (χ3v) is 12.4. The molecule has 5 aromatic rings. The van der Waals surface area contributed by atoms with E-state index >= 15 is 0 Å². The molecule has 2 heterocycles. The number of rotatable bonds is 5. The van der Waals surface area contributed by atoms with Gasteiger partial charge in [0.1, 0.15) is 22.3 Å². The van der Waals surface area contributed by atoms with Crippen LogP contribution in [0.5, 0.6) is 11.5 Å². The summed E-state index contributed by atoms with van der Waals surface area (Å²) in [6.45, 7) is 4.02. The standard InChI is InChI=1S/C22H17BrO3S.C15H10Br2OS/c1-14-3-12-19-20(13-14)27(24)22(21(19)15-4-6-16(23)7-5-15)26-18-10-8-17(25-2)9-11-18;1-9-2-7-12-13(8-9)19(18)15(17)14(12)10-3-5-11(16)6-4-10/h3-13H,1-2H3;2-8H,1H3. The normalized spacial score (nSPS) is 16.5. The van der Waals surface area contributed by atoms with Crippen molar-refractivity contribution in [3.8, 4) is 11.5 Å². The number of hydrogen-bond donors (Lipinski definition) is 0. The Morgan fingerprint density at radius 3 is 1.52 bits per heavy atom. The van der Waals surface area contributed by atoms with Gasteiger partial charge in [-0.15, -0.1) is 0 Å². The van der Waals surface area contributed by atoms with E-state index in [1.165, 1.54) is 0 Å². The van der Waals surface area contributed by atoms with Crippen LogP contribution in [0.15, 0.2) is 137 Å². The van der Waals surface area contributed by atoms with Crippen LogP contribution < -0.4 is 9.47 Å². The van der Waals surface area contributed by atoms with Gasteiger partial charge in [-0.1, -0.05) is 80.4 Å². The van der Waals surface area contributed by atoms with Crippen LogP contribution in [-0.4, -0.2) is 15.5 Å². The third-order valence-electron chi connectivity index (χ3n) is 7.48. The fraction of sp³-hybridized carbons (Fsp3) is 0.0811. The Morgan fingerprint density at radius 1 is 0.543 bits per heavy atom. The van der Waals surface area contributed by atoms with Gasteiger partial charge in [-0.2, -0.15) is 0 Å². The zero-order valence-corrected chi connectivity index (χ0v) is 31.4. The monoisotopic (exact) mass is 836 g/mol.